The van der Waals surface area contributed by atoms with Gasteiger partial charge in [-0.3, -0.25) is 14.6 Å². The summed E-state index contributed by atoms with van der Waals surface area (Å²) in [5.74, 6) is -0.907. The molecular weight excluding hydrogens is 254 g/mol. The Balaban J connectivity index is 2.07. The molecule has 1 aliphatic rings. The molecule has 0 unspecified atom stereocenters. The van der Waals surface area contributed by atoms with Crippen LogP contribution in [0.3, 0.4) is 0 Å². The molecule has 1 aromatic rings. The van der Waals surface area contributed by atoms with Gasteiger partial charge in [0.25, 0.3) is 0 Å². The van der Waals surface area contributed by atoms with E-state index in [4.69, 9.17) is 11.6 Å². The second kappa shape index (κ2) is 5.35. The molecule has 0 spiro atoms. The Kier molecular flexibility index (Phi) is 3.81. The molecule has 1 aliphatic heterocycles. The summed E-state index contributed by atoms with van der Waals surface area (Å²) in [6, 6.07) is 3.37. The quantitative estimate of drug-likeness (QED) is 0.766. The summed E-state index contributed by atoms with van der Waals surface area (Å²) in [6.07, 6.45) is 1.59. The number of carbonyl (C=O) groups is 2. The average Bonchev–Trinajstić information content (AvgIpc) is 2.35. The molecule has 0 radical (unpaired) electrons. The van der Waals surface area contributed by atoms with Gasteiger partial charge in [-0.2, -0.15) is 0 Å². The Hall–Kier alpha value is -1.62. The van der Waals surface area contributed by atoms with E-state index in [-0.39, 0.29) is 0 Å². The van der Waals surface area contributed by atoms with Gasteiger partial charge in [0.1, 0.15) is 0 Å². The van der Waals surface area contributed by atoms with Crippen molar-refractivity contribution < 1.29 is 9.59 Å². The summed E-state index contributed by atoms with van der Waals surface area (Å²) in [6.45, 7) is 3.85. The van der Waals surface area contributed by atoms with E-state index >= 15 is 0 Å². The molecule has 1 fully saturated rings. The highest BCUT2D eigenvalue weighted by Crippen LogP contribution is 2.12. The summed E-state index contributed by atoms with van der Waals surface area (Å²) in [7, 11) is 0. The van der Waals surface area contributed by atoms with Gasteiger partial charge in [-0.25, -0.2) is 0 Å². The van der Waals surface area contributed by atoms with Crippen molar-refractivity contribution in [3.8, 4) is 0 Å². The first-order valence-electron chi connectivity index (χ1n) is 5.80. The Morgan fingerprint density at radius 2 is 1.94 bits per heavy atom. The number of rotatable bonds is 3. The number of likely N-dealkylation sites (N-methyl/N-ethyl adjacent to an activating group) is 1. The number of halogens is 1. The third kappa shape index (κ3) is 2.61. The lowest BCUT2D eigenvalue weighted by Gasteiger charge is -2.32. The van der Waals surface area contributed by atoms with Crippen molar-refractivity contribution in [2.45, 2.75) is 13.5 Å². The third-order valence-electron chi connectivity index (χ3n) is 2.91. The van der Waals surface area contributed by atoms with Crippen molar-refractivity contribution in [1.82, 2.24) is 14.8 Å². The van der Waals surface area contributed by atoms with Crippen LogP contribution in [0.1, 0.15) is 12.6 Å². The molecule has 96 valence electrons. The molecule has 0 N–H and O–H groups in total. The smallest absolute Gasteiger partial charge is 0.312 e. The maximum atomic E-state index is 11.9. The van der Waals surface area contributed by atoms with E-state index in [2.05, 4.69) is 4.98 Å². The average molecular weight is 268 g/mol. The molecule has 0 bridgehead atoms. The van der Waals surface area contributed by atoms with Crippen LogP contribution in [0.25, 0.3) is 0 Å². The van der Waals surface area contributed by atoms with Gasteiger partial charge in [-0.1, -0.05) is 11.6 Å². The van der Waals surface area contributed by atoms with Crippen molar-refractivity contribution in [2.24, 2.45) is 0 Å². The third-order valence-corrected chi connectivity index (χ3v) is 3.15. The molecule has 2 rings (SSSR count). The minimum Gasteiger partial charge on any atom is -0.333 e. The predicted molar refractivity (Wildman–Crippen MR) is 66.9 cm³/mol. The van der Waals surface area contributed by atoms with E-state index in [1.54, 1.807) is 23.2 Å². The van der Waals surface area contributed by atoms with Crippen LogP contribution in [0.2, 0.25) is 5.02 Å². The van der Waals surface area contributed by atoms with Crippen LogP contribution in [0.15, 0.2) is 18.3 Å². The Bertz CT molecular complexity index is 478. The van der Waals surface area contributed by atoms with Crippen LogP contribution in [-0.2, 0) is 16.1 Å². The van der Waals surface area contributed by atoms with Crippen molar-refractivity contribution >= 4 is 23.4 Å². The zero-order valence-electron chi connectivity index (χ0n) is 10.1. The van der Waals surface area contributed by atoms with Gasteiger partial charge in [0.05, 0.1) is 12.2 Å². The van der Waals surface area contributed by atoms with Gasteiger partial charge in [0, 0.05) is 30.9 Å². The van der Waals surface area contributed by atoms with E-state index < -0.39 is 11.8 Å². The Labute approximate surface area is 110 Å². The maximum absolute atomic E-state index is 11.9. The lowest BCUT2D eigenvalue weighted by molar-refractivity contribution is -0.156. The van der Waals surface area contributed by atoms with Crippen molar-refractivity contribution in [1.29, 1.82) is 0 Å². The van der Waals surface area contributed by atoms with Crippen LogP contribution < -0.4 is 0 Å². The number of piperazine rings is 1. The first kappa shape index (κ1) is 12.8. The second-order valence-electron chi connectivity index (χ2n) is 4.08. The van der Waals surface area contributed by atoms with Crippen molar-refractivity contribution in [2.75, 3.05) is 19.6 Å². The highest BCUT2D eigenvalue weighted by atomic mass is 35.5. The summed E-state index contributed by atoms with van der Waals surface area (Å²) in [5.41, 5.74) is 0.689. The van der Waals surface area contributed by atoms with Crippen molar-refractivity contribution in [3.63, 3.8) is 0 Å². The lowest BCUT2D eigenvalue weighted by atomic mass is 10.2. The molecule has 1 aromatic heterocycles. The highest BCUT2D eigenvalue weighted by molar-refractivity contribution is 6.35. The van der Waals surface area contributed by atoms with Gasteiger partial charge in [-0.05, 0) is 19.1 Å². The van der Waals surface area contributed by atoms with Gasteiger partial charge < -0.3 is 9.80 Å². The van der Waals surface area contributed by atoms with Crippen LogP contribution >= 0.6 is 11.6 Å². The Morgan fingerprint density at radius 3 is 2.61 bits per heavy atom. The molecule has 5 nitrogen and oxygen atoms in total. The minimum atomic E-state index is -0.468. The summed E-state index contributed by atoms with van der Waals surface area (Å²) < 4.78 is 0. The first-order chi connectivity index (χ1) is 8.61. The van der Waals surface area contributed by atoms with E-state index in [0.29, 0.717) is 36.9 Å². The highest BCUT2D eigenvalue weighted by Gasteiger charge is 2.31. The second-order valence-corrected chi connectivity index (χ2v) is 4.51. The predicted octanol–water partition coefficient (Wildman–Crippen LogP) is 0.926. The van der Waals surface area contributed by atoms with Crippen molar-refractivity contribution in [3.05, 3.63) is 29.0 Å². The normalized spacial score (nSPS) is 16.3. The fraction of sp³-hybridized carbons (Fsp3) is 0.417. The van der Waals surface area contributed by atoms with E-state index in [1.807, 2.05) is 6.92 Å². The molecule has 2 heterocycles. The zero-order chi connectivity index (χ0) is 13.1. The minimum absolute atomic E-state index is 0.322. The number of pyridine rings is 1. The fourth-order valence-corrected chi connectivity index (χ4v) is 2.08. The number of amides is 2. The number of carbonyl (C=O) groups excluding carboxylic acids is 2. The monoisotopic (exact) mass is 267 g/mol. The van der Waals surface area contributed by atoms with Gasteiger partial charge in [0.15, 0.2) is 0 Å². The molecule has 0 aliphatic carbocycles. The zero-order valence-corrected chi connectivity index (χ0v) is 10.9. The van der Waals surface area contributed by atoms with E-state index in [0.717, 1.165) is 0 Å². The van der Waals surface area contributed by atoms with Crippen LogP contribution in [0.5, 0.6) is 0 Å². The molecular formula is C12H14ClN3O2. The van der Waals surface area contributed by atoms with Crippen LogP contribution in [0.4, 0.5) is 0 Å². The number of nitrogens with zero attached hydrogens (tertiary/aromatic N) is 3. The molecule has 6 heteroatoms. The maximum Gasteiger partial charge on any atom is 0.312 e. The topological polar surface area (TPSA) is 53.5 Å². The standard InChI is InChI=1S/C12H14ClN3O2/c1-2-15-5-6-16(12(18)11(15)17)8-10-7-9(13)3-4-14-10/h3-4,7H,2,5-6,8H2,1H3. The molecule has 0 atom stereocenters. The van der Waals surface area contributed by atoms with E-state index in [1.165, 1.54) is 4.90 Å². The SMILES string of the molecule is CCN1CCN(Cc2cc(Cl)ccn2)C(=O)C1=O. The fourth-order valence-electron chi connectivity index (χ4n) is 1.90. The molecule has 18 heavy (non-hydrogen) atoms. The van der Waals surface area contributed by atoms with Gasteiger partial charge in [-0.15, -0.1) is 0 Å². The number of hydrogen-bond donors (Lipinski definition) is 0. The van der Waals surface area contributed by atoms with Crippen LogP contribution in [-0.4, -0.2) is 46.2 Å². The summed E-state index contributed by atoms with van der Waals surface area (Å²) >= 11 is 5.85. The lowest BCUT2D eigenvalue weighted by Crippen LogP contribution is -2.53. The number of hydrogen-bond acceptors (Lipinski definition) is 3. The first-order valence-corrected chi connectivity index (χ1v) is 6.18. The summed E-state index contributed by atoms with van der Waals surface area (Å²) in [5, 5.41) is 0.575. The van der Waals surface area contributed by atoms with Gasteiger partial charge in [0.2, 0.25) is 0 Å². The molecule has 2 amide bonds. The van der Waals surface area contributed by atoms with Gasteiger partial charge >= 0.3 is 11.8 Å². The molecule has 0 saturated carbocycles. The molecule has 1 saturated heterocycles. The van der Waals surface area contributed by atoms with E-state index in [9.17, 15) is 9.59 Å². The summed E-state index contributed by atoms with van der Waals surface area (Å²) in [4.78, 5) is 30.8. The van der Waals surface area contributed by atoms with Crippen LogP contribution in [0, 0.1) is 0 Å². The molecule has 0 aromatic carbocycles. The Morgan fingerprint density at radius 1 is 1.28 bits per heavy atom. The number of aromatic nitrogens is 1. The largest absolute Gasteiger partial charge is 0.333 e.